The molecule has 7 heteroatoms. The number of benzene rings is 2. The molecule has 1 aliphatic rings. The van der Waals surface area contributed by atoms with Crippen molar-refractivity contribution < 1.29 is 0 Å². The van der Waals surface area contributed by atoms with Gasteiger partial charge in [0.1, 0.15) is 0 Å². The van der Waals surface area contributed by atoms with Crippen molar-refractivity contribution in [2.24, 2.45) is 16.7 Å². The Labute approximate surface area is 231 Å². The standard InChI is InChI=1S/C30H39Cl2N5/c1-28(2,3)22-16-18-30(19-17-22,33-24-10-8-7-9-11-24)27-34-35-36-37(27)26(29(4,5)6)15-13-21-12-14-23(31)20-25(21)32/h7-15,20,22,26,33H,16-19H2,1-6H3/b15-13+/t22?,26-,30?/m1/s1. The molecule has 1 aromatic heterocycles. The third-order valence-electron chi connectivity index (χ3n) is 7.71. The Hall–Kier alpha value is -2.37. The van der Waals surface area contributed by atoms with Gasteiger partial charge in [0.05, 0.1) is 11.6 Å². The van der Waals surface area contributed by atoms with E-state index in [2.05, 4.69) is 92.7 Å². The van der Waals surface area contributed by atoms with Crippen LogP contribution in [0.15, 0.2) is 54.6 Å². The van der Waals surface area contributed by atoms with E-state index in [1.165, 1.54) is 0 Å². The molecule has 1 aliphatic carbocycles. The fourth-order valence-corrected chi connectivity index (χ4v) is 5.91. The van der Waals surface area contributed by atoms with Crippen molar-refractivity contribution >= 4 is 35.0 Å². The predicted molar refractivity (Wildman–Crippen MR) is 155 cm³/mol. The minimum absolute atomic E-state index is 0.0842. The number of halogens is 2. The van der Waals surface area contributed by atoms with Crippen LogP contribution in [0.25, 0.3) is 6.08 Å². The van der Waals surface area contributed by atoms with Crippen LogP contribution < -0.4 is 5.32 Å². The first-order chi connectivity index (χ1) is 17.4. The van der Waals surface area contributed by atoms with Crippen molar-refractivity contribution in [1.82, 2.24) is 20.2 Å². The van der Waals surface area contributed by atoms with Crippen LogP contribution in [0.1, 0.15) is 84.7 Å². The number of hydrogen-bond donors (Lipinski definition) is 1. The molecule has 37 heavy (non-hydrogen) atoms. The molecule has 1 fully saturated rings. The van der Waals surface area contributed by atoms with Crippen LogP contribution in [-0.4, -0.2) is 20.2 Å². The van der Waals surface area contributed by atoms with E-state index in [1.54, 1.807) is 6.07 Å². The summed E-state index contributed by atoms with van der Waals surface area (Å²) in [6, 6.07) is 15.9. The van der Waals surface area contributed by atoms with E-state index in [0.29, 0.717) is 16.0 Å². The summed E-state index contributed by atoms with van der Waals surface area (Å²) >= 11 is 12.6. The first-order valence-electron chi connectivity index (χ1n) is 13.1. The molecule has 0 unspecified atom stereocenters. The molecule has 2 aromatic carbocycles. The van der Waals surface area contributed by atoms with Gasteiger partial charge in [-0.05, 0) is 82.7 Å². The number of aromatic nitrogens is 4. The SMILES string of the molecule is CC(C)(C)C1CCC(Nc2ccccc2)(c2nnnn2[C@H](/C=C/c2ccc(Cl)cc2Cl)C(C)(C)C)CC1. The number of anilines is 1. The first-order valence-corrected chi connectivity index (χ1v) is 13.9. The number of rotatable bonds is 6. The van der Waals surface area contributed by atoms with Crippen LogP contribution in [0, 0.1) is 16.7 Å². The molecule has 1 heterocycles. The normalized spacial score (nSPS) is 21.8. The maximum atomic E-state index is 6.48. The minimum Gasteiger partial charge on any atom is -0.373 e. The molecule has 3 aromatic rings. The summed E-state index contributed by atoms with van der Waals surface area (Å²) in [6.45, 7) is 13.7. The van der Waals surface area contributed by atoms with Crippen LogP contribution in [-0.2, 0) is 5.54 Å². The minimum atomic E-state index is -0.359. The van der Waals surface area contributed by atoms with Gasteiger partial charge in [0.25, 0.3) is 0 Å². The highest BCUT2D eigenvalue weighted by atomic mass is 35.5. The summed E-state index contributed by atoms with van der Waals surface area (Å²) in [5.74, 6) is 1.54. The van der Waals surface area contributed by atoms with Crippen molar-refractivity contribution in [3.8, 4) is 0 Å². The van der Waals surface area contributed by atoms with Crippen LogP contribution in [0.4, 0.5) is 5.69 Å². The van der Waals surface area contributed by atoms with Gasteiger partial charge in [0.2, 0.25) is 0 Å². The van der Waals surface area contributed by atoms with E-state index < -0.39 is 0 Å². The average Bonchev–Trinajstić information content (AvgIpc) is 3.30. The lowest BCUT2D eigenvalue weighted by molar-refractivity contribution is 0.133. The Bertz CT molecular complexity index is 1210. The number of para-hydroxylation sites is 1. The molecule has 0 bridgehead atoms. The summed E-state index contributed by atoms with van der Waals surface area (Å²) in [6.07, 6.45) is 8.38. The highest BCUT2D eigenvalue weighted by Gasteiger charge is 2.45. The Morgan fingerprint density at radius 3 is 2.27 bits per heavy atom. The zero-order valence-electron chi connectivity index (χ0n) is 22.8. The highest BCUT2D eigenvalue weighted by Crippen LogP contribution is 2.47. The molecule has 0 saturated heterocycles. The van der Waals surface area contributed by atoms with E-state index in [9.17, 15) is 0 Å². The lowest BCUT2D eigenvalue weighted by atomic mass is 9.67. The molecule has 1 N–H and O–H groups in total. The zero-order chi connectivity index (χ0) is 26.8. The van der Waals surface area contributed by atoms with Gasteiger partial charge < -0.3 is 5.32 Å². The van der Waals surface area contributed by atoms with Crippen molar-refractivity contribution in [3.63, 3.8) is 0 Å². The van der Waals surface area contributed by atoms with Gasteiger partial charge in [0.15, 0.2) is 5.82 Å². The van der Waals surface area contributed by atoms with Gasteiger partial charge >= 0.3 is 0 Å². The van der Waals surface area contributed by atoms with Gasteiger partial charge in [-0.1, -0.05) is 101 Å². The van der Waals surface area contributed by atoms with Crippen molar-refractivity contribution in [3.05, 3.63) is 76.0 Å². The van der Waals surface area contributed by atoms with Crippen LogP contribution >= 0.6 is 23.2 Å². The maximum Gasteiger partial charge on any atom is 0.177 e. The zero-order valence-corrected chi connectivity index (χ0v) is 24.3. The quantitative estimate of drug-likeness (QED) is 0.339. The second-order valence-corrected chi connectivity index (χ2v) is 13.3. The summed E-state index contributed by atoms with van der Waals surface area (Å²) in [5.41, 5.74) is 1.77. The fourth-order valence-electron chi connectivity index (χ4n) is 5.44. The Kier molecular flexibility index (Phi) is 8.06. The Morgan fingerprint density at radius 2 is 1.68 bits per heavy atom. The summed E-state index contributed by atoms with van der Waals surface area (Å²) in [7, 11) is 0. The lowest BCUT2D eigenvalue weighted by Crippen LogP contribution is -2.44. The van der Waals surface area contributed by atoms with E-state index in [1.807, 2.05) is 29.0 Å². The molecule has 0 spiro atoms. The monoisotopic (exact) mass is 539 g/mol. The number of allylic oxidation sites excluding steroid dienone is 1. The Morgan fingerprint density at radius 1 is 1.00 bits per heavy atom. The highest BCUT2D eigenvalue weighted by molar-refractivity contribution is 6.35. The summed E-state index contributed by atoms with van der Waals surface area (Å²) in [4.78, 5) is 0. The molecule has 0 radical (unpaired) electrons. The Balaban J connectivity index is 1.75. The smallest absolute Gasteiger partial charge is 0.177 e. The van der Waals surface area contributed by atoms with E-state index in [0.717, 1.165) is 42.8 Å². The molecule has 198 valence electrons. The van der Waals surface area contributed by atoms with Crippen molar-refractivity contribution in [2.45, 2.75) is 78.8 Å². The second-order valence-electron chi connectivity index (χ2n) is 12.5. The van der Waals surface area contributed by atoms with Gasteiger partial charge in [-0.25, -0.2) is 4.68 Å². The molecule has 4 rings (SSSR count). The van der Waals surface area contributed by atoms with Crippen molar-refractivity contribution in [1.29, 1.82) is 0 Å². The fraction of sp³-hybridized carbons (Fsp3) is 0.500. The molecule has 0 aliphatic heterocycles. The first kappa shape index (κ1) is 27.7. The number of nitrogens with one attached hydrogen (secondary N) is 1. The summed E-state index contributed by atoms with van der Waals surface area (Å²) in [5, 5.41) is 18.6. The summed E-state index contributed by atoms with van der Waals surface area (Å²) < 4.78 is 2.02. The topological polar surface area (TPSA) is 55.6 Å². The van der Waals surface area contributed by atoms with E-state index >= 15 is 0 Å². The van der Waals surface area contributed by atoms with Crippen LogP contribution in [0.3, 0.4) is 0 Å². The third-order valence-corrected chi connectivity index (χ3v) is 8.28. The van der Waals surface area contributed by atoms with Crippen molar-refractivity contribution in [2.75, 3.05) is 5.32 Å². The predicted octanol–water partition coefficient (Wildman–Crippen LogP) is 8.82. The van der Waals surface area contributed by atoms with Crippen LogP contribution in [0.2, 0.25) is 10.0 Å². The van der Waals surface area contributed by atoms with Gasteiger partial charge in [-0.15, -0.1) is 5.10 Å². The molecular formula is C30H39Cl2N5. The van der Waals surface area contributed by atoms with Gasteiger partial charge in [-0.3, -0.25) is 0 Å². The third kappa shape index (κ3) is 6.38. The molecular weight excluding hydrogens is 501 g/mol. The molecule has 1 atom stereocenters. The lowest BCUT2D eigenvalue weighted by Gasteiger charge is -2.45. The number of hydrogen-bond acceptors (Lipinski definition) is 4. The largest absolute Gasteiger partial charge is 0.373 e. The van der Waals surface area contributed by atoms with Gasteiger partial charge in [-0.2, -0.15) is 0 Å². The van der Waals surface area contributed by atoms with Crippen LogP contribution in [0.5, 0.6) is 0 Å². The van der Waals surface area contributed by atoms with E-state index in [-0.39, 0.29) is 22.4 Å². The molecule has 0 amide bonds. The van der Waals surface area contributed by atoms with Gasteiger partial charge in [0, 0.05) is 15.7 Å². The molecule has 5 nitrogen and oxygen atoms in total. The van der Waals surface area contributed by atoms with E-state index in [4.69, 9.17) is 23.2 Å². The maximum absolute atomic E-state index is 6.48. The average molecular weight is 541 g/mol. The molecule has 1 saturated carbocycles. The second kappa shape index (κ2) is 10.8. The number of tetrazole rings is 1. The number of nitrogens with zero attached hydrogens (tertiary/aromatic N) is 4.